The predicted molar refractivity (Wildman–Crippen MR) is 90.7 cm³/mol. The maximum atomic E-state index is 13.7. The summed E-state index contributed by atoms with van der Waals surface area (Å²) < 4.78 is 41.6. The molecule has 2 heterocycles. The maximum Gasteiger partial charge on any atom is 0.431 e. The molecule has 3 rings (SSSR count). The van der Waals surface area contributed by atoms with Gasteiger partial charge in [0.1, 0.15) is 23.4 Å². The molecule has 2 aromatic heterocycles. The smallest absolute Gasteiger partial charge is 0.383 e. The third-order valence-corrected chi connectivity index (χ3v) is 4.16. The Morgan fingerprint density at radius 1 is 1.22 bits per heavy atom. The van der Waals surface area contributed by atoms with E-state index in [2.05, 4.69) is 9.97 Å². The molecule has 0 unspecified atom stereocenters. The Labute approximate surface area is 149 Å². The first-order valence-electron chi connectivity index (χ1n) is 7.52. The minimum absolute atomic E-state index is 0.0750. The number of anilines is 1. The van der Waals surface area contributed by atoms with Gasteiger partial charge < -0.3 is 5.73 Å². The number of nitrogens with zero attached hydrogens (tertiary/aromatic N) is 4. The van der Waals surface area contributed by atoms with Gasteiger partial charge in [-0.05, 0) is 25.5 Å². The Balaban J connectivity index is 2.57. The zero-order chi connectivity index (χ0) is 20.1. The summed E-state index contributed by atoms with van der Waals surface area (Å²) in [4.78, 5) is 30.7. The highest BCUT2D eigenvalue weighted by Gasteiger charge is 2.37. The second kappa shape index (κ2) is 6.04. The third-order valence-electron chi connectivity index (χ3n) is 4.16. The topological polar surface area (TPSA) is 117 Å². The summed E-state index contributed by atoms with van der Waals surface area (Å²) in [6.07, 6.45) is -3.97. The molecule has 2 N–H and O–H groups in total. The number of aryl methyl sites for hydroxylation is 1. The molecule has 0 fully saturated rings. The third kappa shape index (κ3) is 2.86. The highest BCUT2D eigenvalue weighted by molar-refractivity contribution is 5.87. The molecule has 0 saturated carbocycles. The molecule has 0 radical (unpaired) electrons. The van der Waals surface area contributed by atoms with Crippen LogP contribution in [0, 0.1) is 24.0 Å². The van der Waals surface area contributed by atoms with Gasteiger partial charge in [-0.15, -0.1) is 0 Å². The Morgan fingerprint density at radius 3 is 2.48 bits per heavy atom. The molecule has 8 nitrogen and oxygen atoms in total. The number of aromatic nitrogens is 3. The summed E-state index contributed by atoms with van der Waals surface area (Å²) in [7, 11) is 0. The van der Waals surface area contributed by atoms with Gasteiger partial charge >= 0.3 is 6.18 Å². The number of halogens is 3. The number of rotatable bonds is 2. The summed E-state index contributed by atoms with van der Waals surface area (Å²) in [5.74, 6) is -0.276. The van der Waals surface area contributed by atoms with Gasteiger partial charge in [0.25, 0.3) is 11.2 Å². The molecule has 0 aliphatic rings. The van der Waals surface area contributed by atoms with Crippen LogP contribution in [0.2, 0.25) is 0 Å². The van der Waals surface area contributed by atoms with Crippen molar-refractivity contribution >= 4 is 22.4 Å². The second-order valence-corrected chi connectivity index (χ2v) is 5.82. The van der Waals surface area contributed by atoms with Crippen molar-refractivity contribution in [3.8, 4) is 5.69 Å². The van der Waals surface area contributed by atoms with Crippen LogP contribution in [0.5, 0.6) is 0 Å². The van der Waals surface area contributed by atoms with E-state index in [4.69, 9.17) is 5.73 Å². The molecule has 0 bridgehead atoms. The average Bonchev–Trinajstić information content (AvgIpc) is 2.55. The normalized spacial score (nSPS) is 11.7. The second-order valence-electron chi connectivity index (χ2n) is 5.82. The molecule has 1 aromatic carbocycles. The molecule has 0 atom stereocenters. The van der Waals surface area contributed by atoms with E-state index in [1.807, 2.05) is 0 Å². The molecule has 0 spiro atoms. The average molecular weight is 379 g/mol. The zero-order valence-electron chi connectivity index (χ0n) is 14.0. The molecule has 3 aromatic rings. The Hall–Kier alpha value is -3.50. The number of alkyl halides is 3. The fourth-order valence-corrected chi connectivity index (χ4v) is 2.94. The van der Waals surface area contributed by atoms with E-state index in [-0.39, 0.29) is 33.5 Å². The predicted octanol–water partition coefficient (Wildman–Crippen LogP) is 2.91. The molecule has 140 valence electrons. The number of nitro groups is 1. The van der Waals surface area contributed by atoms with Crippen LogP contribution in [0.25, 0.3) is 16.6 Å². The summed E-state index contributed by atoms with van der Waals surface area (Å²) >= 11 is 0. The summed E-state index contributed by atoms with van der Waals surface area (Å²) in [6.45, 7) is 2.74. The summed E-state index contributed by atoms with van der Waals surface area (Å²) in [5, 5.41) is 11.0. The van der Waals surface area contributed by atoms with Gasteiger partial charge in [0.2, 0.25) is 0 Å². The molecule has 0 aliphatic carbocycles. The number of benzene rings is 1. The lowest BCUT2D eigenvalue weighted by Gasteiger charge is -2.19. The van der Waals surface area contributed by atoms with Gasteiger partial charge in [-0.2, -0.15) is 13.2 Å². The van der Waals surface area contributed by atoms with Crippen molar-refractivity contribution in [3.05, 3.63) is 61.8 Å². The molecular weight excluding hydrogens is 367 g/mol. The van der Waals surface area contributed by atoms with Crippen molar-refractivity contribution in [2.75, 3.05) is 5.73 Å². The lowest BCUT2D eigenvalue weighted by Crippen LogP contribution is -2.29. The van der Waals surface area contributed by atoms with Gasteiger partial charge in [0.15, 0.2) is 0 Å². The number of pyridine rings is 1. The Bertz CT molecular complexity index is 1150. The largest absolute Gasteiger partial charge is 0.431 e. The number of hydrogen-bond donors (Lipinski definition) is 1. The van der Waals surface area contributed by atoms with Crippen molar-refractivity contribution in [2.24, 2.45) is 0 Å². The minimum atomic E-state index is -4.93. The number of nitrogen functional groups attached to an aromatic ring is 1. The van der Waals surface area contributed by atoms with Crippen molar-refractivity contribution in [1.82, 2.24) is 14.5 Å². The molecule has 0 saturated heterocycles. The fourth-order valence-electron chi connectivity index (χ4n) is 2.94. The Kier molecular flexibility index (Phi) is 4.09. The highest BCUT2D eigenvalue weighted by atomic mass is 19.4. The van der Waals surface area contributed by atoms with Crippen molar-refractivity contribution in [3.63, 3.8) is 0 Å². The van der Waals surface area contributed by atoms with Crippen molar-refractivity contribution in [1.29, 1.82) is 0 Å². The van der Waals surface area contributed by atoms with E-state index in [9.17, 15) is 28.1 Å². The molecule has 0 amide bonds. The lowest BCUT2D eigenvalue weighted by atomic mass is 10.1. The monoisotopic (exact) mass is 379 g/mol. The lowest BCUT2D eigenvalue weighted by molar-refractivity contribution is -0.385. The fraction of sp³-hybridized carbons (Fsp3) is 0.188. The van der Waals surface area contributed by atoms with Crippen molar-refractivity contribution < 1.29 is 18.1 Å². The number of fused-ring (bicyclic) bond motifs is 1. The van der Waals surface area contributed by atoms with Crippen molar-refractivity contribution in [2.45, 2.75) is 20.0 Å². The maximum absolute atomic E-state index is 13.7. The van der Waals surface area contributed by atoms with E-state index in [0.29, 0.717) is 10.6 Å². The number of hydrogen-bond acceptors (Lipinski definition) is 6. The van der Waals surface area contributed by atoms with Gasteiger partial charge in [-0.25, -0.2) is 9.97 Å². The Morgan fingerprint density at radius 2 is 1.89 bits per heavy atom. The van der Waals surface area contributed by atoms with Crippen LogP contribution in [0.15, 0.2) is 29.3 Å². The molecular formula is C16H12F3N5O3. The number of nitro benzene ring substituents is 1. The van der Waals surface area contributed by atoms with E-state index in [0.717, 1.165) is 6.33 Å². The first-order valence-corrected chi connectivity index (χ1v) is 7.52. The van der Waals surface area contributed by atoms with Crippen LogP contribution in [0.3, 0.4) is 0 Å². The van der Waals surface area contributed by atoms with Crippen LogP contribution in [-0.4, -0.2) is 19.5 Å². The van der Waals surface area contributed by atoms with Gasteiger partial charge in [-0.3, -0.25) is 19.5 Å². The van der Waals surface area contributed by atoms with Crippen LogP contribution in [-0.2, 0) is 6.18 Å². The summed E-state index contributed by atoms with van der Waals surface area (Å²) in [6, 6.07) is 3.13. The van der Waals surface area contributed by atoms with Crippen LogP contribution >= 0.6 is 0 Å². The van der Waals surface area contributed by atoms with E-state index >= 15 is 0 Å². The zero-order valence-corrected chi connectivity index (χ0v) is 14.0. The standard InChI is InChI=1S/C16H12F3N5O3/c1-7-3-4-10(24(26)27)8(2)13(7)23-11(16(17,18)19)5-9-12(15(23)25)21-6-22-14(9)20/h3-6H,1-2H3,(H2,20,21,22). The van der Waals surface area contributed by atoms with Crippen LogP contribution in [0.1, 0.15) is 16.8 Å². The van der Waals surface area contributed by atoms with E-state index in [1.165, 1.54) is 26.0 Å². The minimum Gasteiger partial charge on any atom is -0.383 e. The molecule has 0 aliphatic heterocycles. The van der Waals surface area contributed by atoms with Crippen LogP contribution < -0.4 is 11.3 Å². The van der Waals surface area contributed by atoms with Crippen LogP contribution in [0.4, 0.5) is 24.7 Å². The molecule has 27 heavy (non-hydrogen) atoms. The van der Waals surface area contributed by atoms with Gasteiger partial charge in [-0.1, -0.05) is 6.07 Å². The van der Waals surface area contributed by atoms with E-state index < -0.39 is 28.0 Å². The van der Waals surface area contributed by atoms with Gasteiger partial charge in [0, 0.05) is 6.07 Å². The van der Waals surface area contributed by atoms with Gasteiger partial charge in [0.05, 0.1) is 21.6 Å². The first-order chi connectivity index (χ1) is 12.5. The first kappa shape index (κ1) is 18.3. The molecule has 11 heteroatoms. The van der Waals surface area contributed by atoms with E-state index in [1.54, 1.807) is 0 Å². The quantitative estimate of drug-likeness (QED) is 0.540. The SMILES string of the molecule is Cc1ccc([N+](=O)[O-])c(C)c1-n1c(C(F)(F)F)cc2c(N)ncnc2c1=O. The highest BCUT2D eigenvalue weighted by Crippen LogP contribution is 2.35. The number of nitrogens with two attached hydrogens (primary N) is 1. The summed E-state index contributed by atoms with van der Waals surface area (Å²) in [5.41, 5.74) is 2.41.